The number of ether oxygens (including phenoxy) is 1. The van der Waals surface area contributed by atoms with Crippen molar-refractivity contribution in [3.8, 4) is 0 Å². The van der Waals surface area contributed by atoms with E-state index in [1.807, 2.05) is 11.6 Å². The van der Waals surface area contributed by atoms with Gasteiger partial charge >= 0.3 is 0 Å². The predicted octanol–water partition coefficient (Wildman–Crippen LogP) is 1.71. The number of imidazole rings is 1. The second-order valence-corrected chi connectivity index (χ2v) is 5.12. The molecule has 1 fully saturated rings. The van der Waals surface area contributed by atoms with Crippen LogP contribution in [0.1, 0.15) is 31.9 Å². The summed E-state index contributed by atoms with van der Waals surface area (Å²) in [5, 5.41) is 4.50. The average Bonchev–Trinajstić information content (AvgIpc) is 3.06. The van der Waals surface area contributed by atoms with Gasteiger partial charge in [0.1, 0.15) is 5.52 Å². The van der Waals surface area contributed by atoms with Gasteiger partial charge in [0.25, 0.3) is 0 Å². The van der Waals surface area contributed by atoms with E-state index in [9.17, 15) is 0 Å². The third kappa shape index (κ3) is 2.10. The fraction of sp³-hybridized carbons (Fsp3) is 0.692. The van der Waals surface area contributed by atoms with E-state index < -0.39 is 0 Å². The highest BCUT2D eigenvalue weighted by atomic mass is 16.5. The van der Waals surface area contributed by atoms with E-state index in [4.69, 9.17) is 10.5 Å². The quantitative estimate of drug-likeness (QED) is 0.911. The Balaban J connectivity index is 1.90. The van der Waals surface area contributed by atoms with Gasteiger partial charge < -0.3 is 10.5 Å². The summed E-state index contributed by atoms with van der Waals surface area (Å²) in [7, 11) is 0. The number of anilines is 1. The third-order valence-corrected chi connectivity index (χ3v) is 3.83. The minimum Gasteiger partial charge on any atom is -0.378 e. The molecule has 2 aromatic heterocycles. The van der Waals surface area contributed by atoms with Crippen LogP contribution < -0.4 is 5.73 Å². The molecule has 1 aliphatic rings. The molecule has 19 heavy (non-hydrogen) atoms. The fourth-order valence-electron chi connectivity index (χ4n) is 2.83. The molecule has 0 bridgehead atoms. The van der Waals surface area contributed by atoms with Gasteiger partial charge in [0.15, 0.2) is 5.65 Å². The Labute approximate surface area is 112 Å². The molecule has 0 aromatic carbocycles. The van der Waals surface area contributed by atoms with E-state index in [1.54, 1.807) is 0 Å². The first-order valence-electron chi connectivity index (χ1n) is 7.01. The summed E-state index contributed by atoms with van der Waals surface area (Å²) in [5.74, 6) is 0.579. The van der Waals surface area contributed by atoms with Gasteiger partial charge in [-0.2, -0.15) is 5.10 Å². The molecular weight excluding hydrogens is 242 g/mol. The molecule has 0 aliphatic carbocycles. The van der Waals surface area contributed by atoms with Crippen LogP contribution in [-0.4, -0.2) is 32.0 Å². The van der Waals surface area contributed by atoms with E-state index >= 15 is 0 Å². The zero-order chi connectivity index (χ0) is 13.4. The van der Waals surface area contributed by atoms with Gasteiger partial charge in [-0.15, -0.1) is 0 Å². The van der Waals surface area contributed by atoms with Crippen molar-refractivity contribution in [2.75, 3.05) is 12.3 Å². The molecular formula is C13H21N5O. The molecule has 1 unspecified atom stereocenters. The molecule has 0 amide bonds. The van der Waals surface area contributed by atoms with Crippen LogP contribution >= 0.6 is 0 Å². The van der Waals surface area contributed by atoms with Crippen molar-refractivity contribution in [2.24, 2.45) is 0 Å². The maximum atomic E-state index is 6.04. The number of aryl methyl sites for hydroxylation is 3. The maximum Gasteiger partial charge on any atom is 0.202 e. The molecule has 104 valence electrons. The number of fused-ring (bicyclic) bond motifs is 1. The van der Waals surface area contributed by atoms with Gasteiger partial charge in [-0.25, -0.2) is 9.67 Å². The lowest BCUT2D eigenvalue weighted by Gasteiger charge is -2.11. The Morgan fingerprint density at radius 2 is 2.32 bits per heavy atom. The minimum absolute atomic E-state index is 0.371. The lowest BCUT2D eigenvalue weighted by atomic mass is 10.2. The van der Waals surface area contributed by atoms with Gasteiger partial charge in [-0.1, -0.05) is 0 Å². The molecule has 0 spiro atoms. The third-order valence-electron chi connectivity index (χ3n) is 3.83. The molecule has 2 N–H and O–H groups in total. The first-order chi connectivity index (χ1) is 9.20. The highest BCUT2D eigenvalue weighted by Gasteiger charge is 2.19. The Hall–Kier alpha value is -1.56. The van der Waals surface area contributed by atoms with Crippen LogP contribution in [0.25, 0.3) is 11.2 Å². The van der Waals surface area contributed by atoms with Crippen LogP contribution in [-0.2, 0) is 17.8 Å². The van der Waals surface area contributed by atoms with Crippen molar-refractivity contribution >= 4 is 17.1 Å². The average molecular weight is 263 g/mol. The highest BCUT2D eigenvalue weighted by molar-refractivity contribution is 5.77. The zero-order valence-corrected chi connectivity index (χ0v) is 11.6. The molecule has 3 heterocycles. The monoisotopic (exact) mass is 263 g/mol. The van der Waals surface area contributed by atoms with Gasteiger partial charge in [0.2, 0.25) is 5.95 Å². The van der Waals surface area contributed by atoms with E-state index in [0.717, 1.165) is 49.4 Å². The largest absolute Gasteiger partial charge is 0.378 e. The zero-order valence-electron chi connectivity index (χ0n) is 11.6. The molecule has 0 saturated carbocycles. The summed E-state index contributed by atoms with van der Waals surface area (Å²) in [6.07, 6.45) is 3.69. The molecule has 0 radical (unpaired) electrons. The molecule has 1 saturated heterocycles. The number of hydrogen-bond donors (Lipinski definition) is 1. The van der Waals surface area contributed by atoms with Crippen LogP contribution in [0.5, 0.6) is 0 Å². The van der Waals surface area contributed by atoms with Gasteiger partial charge in [0, 0.05) is 19.7 Å². The van der Waals surface area contributed by atoms with Crippen molar-refractivity contribution in [1.82, 2.24) is 19.3 Å². The van der Waals surface area contributed by atoms with Gasteiger partial charge in [-0.05, 0) is 33.1 Å². The normalized spacial score (nSPS) is 19.6. The summed E-state index contributed by atoms with van der Waals surface area (Å²) in [6.45, 7) is 6.63. The summed E-state index contributed by atoms with van der Waals surface area (Å²) in [4.78, 5) is 4.44. The number of nitrogen functional groups attached to an aromatic ring is 1. The second kappa shape index (κ2) is 4.85. The number of aromatic nitrogens is 4. The Kier molecular flexibility index (Phi) is 3.18. The van der Waals surface area contributed by atoms with Crippen LogP contribution in [0.15, 0.2) is 0 Å². The molecule has 1 atom stereocenters. The molecule has 1 aliphatic heterocycles. The van der Waals surface area contributed by atoms with E-state index in [2.05, 4.69) is 21.6 Å². The van der Waals surface area contributed by atoms with Crippen molar-refractivity contribution in [1.29, 1.82) is 0 Å². The van der Waals surface area contributed by atoms with Crippen molar-refractivity contribution in [3.63, 3.8) is 0 Å². The molecule has 3 rings (SSSR count). The topological polar surface area (TPSA) is 70.9 Å². The van der Waals surface area contributed by atoms with E-state index in [1.165, 1.54) is 6.42 Å². The summed E-state index contributed by atoms with van der Waals surface area (Å²) >= 11 is 0. The van der Waals surface area contributed by atoms with Gasteiger partial charge in [-0.3, -0.25) is 4.57 Å². The Morgan fingerprint density at radius 3 is 3.00 bits per heavy atom. The molecule has 2 aromatic rings. The molecule has 6 heteroatoms. The van der Waals surface area contributed by atoms with Crippen LogP contribution in [0.4, 0.5) is 5.95 Å². The predicted molar refractivity (Wildman–Crippen MR) is 73.9 cm³/mol. The van der Waals surface area contributed by atoms with Crippen molar-refractivity contribution < 1.29 is 4.74 Å². The lowest BCUT2D eigenvalue weighted by Crippen LogP contribution is -2.13. The van der Waals surface area contributed by atoms with E-state index in [-0.39, 0.29) is 0 Å². The Morgan fingerprint density at radius 1 is 1.47 bits per heavy atom. The number of hydrogen-bond acceptors (Lipinski definition) is 4. The minimum atomic E-state index is 0.371. The summed E-state index contributed by atoms with van der Waals surface area (Å²) < 4.78 is 9.71. The maximum absolute atomic E-state index is 6.04. The number of rotatable bonds is 4. The van der Waals surface area contributed by atoms with Gasteiger partial charge in [0.05, 0.1) is 11.8 Å². The smallest absolute Gasteiger partial charge is 0.202 e. The summed E-state index contributed by atoms with van der Waals surface area (Å²) in [6, 6.07) is 0. The van der Waals surface area contributed by atoms with Crippen LogP contribution in [0.2, 0.25) is 0 Å². The standard InChI is InChI=1S/C13H21N5O/c1-3-18-12-11(9(2)16-18)15-13(14)17(12)7-6-10-5-4-8-19-10/h10H,3-8H2,1-2H3,(H2,14,15). The van der Waals surface area contributed by atoms with Crippen LogP contribution in [0.3, 0.4) is 0 Å². The van der Waals surface area contributed by atoms with Crippen molar-refractivity contribution in [2.45, 2.75) is 52.3 Å². The van der Waals surface area contributed by atoms with E-state index in [0.29, 0.717) is 12.1 Å². The number of nitrogens with two attached hydrogens (primary N) is 1. The number of nitrogens with zero attached hydrogens (tertiary/aromatic N) is 4. The van der Waals surface area contributed by atoms with Crippen molar-refractivity contribution in [3.05, 3.63) is 5.69 Å². The lowest BCUT2D eigenvalue weighted by molar-refractivity contribution is 0.101. The second-order valence-electron chi connectivity index (χ2n) is 5.12. The highest BCUT2D eigenvalue weighted by Crippen LogP contribution is 2.23. The van der Waals surface area contributed by atoms with Crippen LogP contribution in [0, 0.1) is 6.92 Å². The molecule has 6 nitrogen and oxygen atoms in total. The SMILES string of the molecule is CCn1nc(C)c2nc(N)n(CCC3CCCO3)c21. The first kappa shape index (κ1) is 12.5. The fourth-order valence-corrected chi connectivity index (χ4v) is 2.83. The first-order valence-corrected chi connectivity index (χ1v) is 7.01. The summed E-state index contributed by atoms with van der Waals surface area (Å²) in [5.41, 5.74) is 8.95. The Bertz CT molecular complexity index is 579.